The summed E-state index contributed by atoms with van der Waals surface area (Å²) in [6, 6.07) is 11.2. The van der Waals surface area contributed by atoms with E-state index in [9.17, 15) is 14.0 Å². The average Bonchev–Trinajstić information content (AvgIpc) is 3.07. The normalized spacial score (nSPS) is 18.1. The lowest BCUT2D eigenvalue weighted by atomic mass is 9.93. The van der Waals surface area contributed by atoms with Gasteiger partial charge in [0.1, 0.15) is 11.4 Å². The second-order valence-electron chi connectivity index (χ2n) is 7.74. The molecule has 7 nitrogen and oxygen atoms in total. The van der Waals surface area contributed by atoms with E-state index in [4.69, 9.17) is 21.1 Å². The fourth-order valence-electron chi connectivity index (χ4n) is 2.90. The summed E-state index contributed by atoms with van der Waals surface area (Å²) in [5.41, 5.74) is -2.25. The van der Waals surface area contributed by atoms with Gasteiger partial charge in [-0.15, -0.1) is 0 Å². The molecule has 2 aromatic carbocycles. The lowest BCUT2D eigenvalue weighted by Gasteiger charge is -2.30. The molecule has 0 aromatic heterocycles. The Morgan fingerprint density at radius 2 is 1.68 bits per heavy atom. The van der Waals surface area contributed by atoms with Crippen LogP contribution >= 0.6 is 11.6 Å². The molecule has 0 saturated heterocycles. The summed E-state index contributed by atoms with van der Waals surface area (Å²) in [6.07, 6.45) is 0. The van der Waals surface area contributed by atoms with Gasteiger partial charge in [-0.3, -0.25) is 4.79 Å². The lowest BCUT2D eigenvalue weighted by molar-refractivity contribution is -0.146. The van der Waals surface area contributed by atoms with Gasteiger partial charge in [-0.05, 0) is 57.2 Å². The smallest absolute Gasteiger partial charge is 0.358 e. The number of methoxy groups -OCH3 is 1. The fourth-order valence-corrected chi connectivity index (χ4v) is 3.02. The molecule has 1 N–H and O–H groups in total. The third-order valence-corrected chi connectivity index (χ3v) is 4.50. The monoisotopic (exact) mass is 445 g/mol. The molecule has 0 spiro atoms. The second kappa shape index (κ2) is 8.47. The van der Waals surface area contributed by atoms with Crippen LogP contribution in [0, 0.1) is 5.82 Å². The zero-order chi connectivity index (χ0) is 22.8. The van der Waals surface area contributed by atoms with Crippen molar-refractivity contribution in [1.82, 2.24) is 5.32 Å². The number of rotatable bonds is 4. The minimum atomic E-state index is -1.78. The zero-order valence-electron chi connectivity index (χ0n) is 17.4. The standard InChI is InChI=1S/C22H21ClFN3O4/c1-21(2,3)31-19(29)17-22(27-20(25-17)30-4,14-7-11-16(24)12-8-14)26-18(28)13-5-9-15(23)10-6-13/h5-12H,1-4H3,(H,26,28). The first-order chi connectivity index (χ1) is 14.5. The van der Waals surface area contributed by atoms with Crippen molar-refractivity contribution in [3.8, 4) is 0 Å². The van der Waals surface area contributed by atoms with E-state index < -0.39 is 29.0 Å². The highest BCUT2D eigenvalue weighted by atomic mass is 35.5. The lowest BCUT2D eigenvalue weighted by Crippen LogP contribution is -2.52. The Kier molecular flexibility index (Phi) is 6.13. The summed E-state index contributed by atoms with van der Waals surface area (Å²) in [4.78, 5) is 34.6. The number of nitrogens with one attached hydrogen (secondary N) is 1. The van der Waals surface area contributed by atoms with E-state index in [1.807, 2.05) is 0 Å². The Balaban J connectivity index is 2.12. The molecule has 0 saturated carbocycles. The maximum atomic E-state index is 13.6. The molecule has 1 aliphatic rings. The van der Waals surface area contributed by atoms with Gasteiger partial charge >= 0.3 is 12.0 Å². The maximum absolute atomic E-state index is 13.6. The van der Waals surface area contributed by atoms with Crippen LogP contribution in [0.5, 0.6) is 0 Å². The van der Waals surface area contributed by atoms with Crippen molar-refractivity contribution in [1.29, 1.82) is 0 Å². The molecule has 0 bridgehead atoms. The van der Waals surface area contributed by atoms with Crippen molar-refractivity contribution in [2.75, 3.05) is 7.11 Å². The highest BCUT2D eigenvalue weighted by Crippen LogP contribution is 2.32. The quantitative estimate of drug-likeness (QED) is 0.723. The molecule has 9 heteroatoms. The van der Waals surface area contributed by atoms with Gasteiger partial charge in [0.05, 0.1) is 7.11 Å². The third-order valence-electron chi connectivity index (χ3n) is 4.25. The van der Waals surface area contributed by atoms with Gasteiger partial charge in [0, 0.05) is 16.1 Å². The minimum absolute atomic E-state index is 0.137. The Morgan fingerprint density at radius 3 is 2.23 bits per heavy atom. The van der Waals surface area contributed by atoms with Crippen molar-refractivity contribution >= 4 is 35.2 Å². The number of benzene rings is 2. The van der Waals surface area contributed by atoms with Gasteiger partial charge in [-0.2, -0.15) is 9.98 Å². The number of amides is 1. The van der Waals surface area contributed by atoms with E-state index >= 15 is 0 Å². The van der Waals surface area contributed by atoms with Crippen LogP contribution < -0.4 is 5.32 Å². The summed E-state index contributed by atoms with van der Waals surface area (Å²) in [7, 11) is 1.33. The number of carbonyl (C=O) groups is 2. The first-order valence-electron chi connectivity index (χ1n) is 9.34. The van der Waals surface area contributed by atoms with Gasteiger partial charge in [0.15, 0.2) is 5.71 Å². The molecular formula is C22H21ClFN3O4. The Morgan fingerprint density at radius 1 is 1.06 bits per heavy atom. The van der Waals surface area contributed by atoms with Crippen LogP contribution in [0.15, 0.2) is 58.5 Å². The number of hydrogen-bond donors (Lipinski definition) is 1. The van der Waals surface area contributed by atoms with Crippen molar-refractivity contribution in [2.45, 2.75) is 32.0 Å². The van der Waals surface area contributed by atoms with Crippen LogP contribution in [0.25, 0.3) is 0 Å². The van der Waals surface area contributed by atoms with Crippen molar-refractivity contribution in [3.05, 3.63) is 70.5 Å². The molecule has 0 radical (unpaired) electrons. The van der Waals surface area contributed by atoms with E-state index in [-0.39, 0.29) is 17.3 Å². The van der Waals surface area contributed by atoms with E-state index in [0.29, 0.717) is 10.6 Å². The van der Waals surface area contributed by atoms with Crippen molar-refractivity contribution < 1.29 is 23.5 Å². The van der Waals surface area contributed by atoms with E-state index in [1.165, 1.54) is 43.5 Å². The van der Waals surface area contributed by atoms with Gasteiger partial charge in [-0.25, -0.2) is 9.18 Å². The van der Waals surface area contributed by atoms with Gasteiger partial charge in [0.2, 0.25) is 5.66 Å². The zero-order valence-corrected chi connectivity index (χ0v) is 18.2. The highest BCUT2D eigenvalue weighted by molar-refractivity contribution is 6.43. The number of nitrogens with zero attached hydrogens (tertiary/aromatic N) is 2. The molecule has 1 aliphatic heterocycles. The molecule has 31 heavy (non-hydrogen) atoms. The number of carbonyl (C=O) groups excluding carboxylic acids is 2. The largest absolute Gasteiger partial charge is 0.467 e. The van der Waals surface area contributed by atoms with E-state index in [0.717, 1.165) is 0 Å². The molecule has 0 fully saturated rings. The Labute approximate surface area is 183 Å². The number of hydrogen-bond acceptors (Lipinski definition) is 6. The number of halogens is 2. The fraction of sp³-hybridized carbons (Fsp3) is 0.273. The Hall–Kier alpha value is -3.26. The average molecular weight is 446 g/mol. The topological polar surface area (TPSA) is 89.3 Å². The van der Waals surface area contributed by atoms with Crippen LogP contribution in [0.1, 0.15) is 36.7 Å². The summed E-state index contributed by atoms with van der Waals surface area (Å²) in [5.74, 6) is -1.85. The number of ether oxygens (including phenoxy) is 2. The molecule has 162 valence electrons. The second-order valence-corrected chi connectivity index (χ2v) is 8.18. The van der Waals surface area contributed by atoms with Crippen LogP contribution in [-0.2, 0) is 19.9 Å². The molecule has 1 amide bonds. The molecule has 1 heterocycles. The number of amidine groups is 1. The first kappa shape index (κ1) is 22.4. The maximum Gasteiger partial charge on any atom is 0.358 e. The molecule has 3 rings (SSSR count). The predicted octanol–water partition coefficient (Wildman–Crippen LogP) is 3.86. The first-order valence-corrected chi connectivity index (χ1v) is 9.72. The molecule has 1 atom stereocenters. The van der Waals surface area contributed by atoms with Crippen molar-refractivity contribution in [2.24, 2.45) is 9.98 Å². The minimum Gasteiger partial charge on any atom is -0.467 e. The van der Waals surface area contributed by atoms with E-state index in [1.54, 1.807) is 32.9 Å². The summed E-state index contributed by atoms with van der Waals surface area (Å²) in [5, 5.41) is 3.20. The van der Waals surface area contributed by atoms with Crippen LogP contribution in [0.4, 0.5) is 4.39 Å². The van der Waals surface area contributed by atoms with Crippen LogP contribution in [0.2, 0.25) is 5.02 Å². The summed E-state index contributed by atoms with van der Waals surface area (Å²) in [6.45, 7) is 5.10. The molecule has 1 unspecified atom stereocenters. The predicted molar refractivity (Wildman–Crippen MR) is 115 cm³/mol. The van der Waals surface area contributed by atoms with Gasteiger partial charge in [-0.1, -0.05) is 23.7 Å². The highest BCUT2D eigenvalue weighted by Gasteiger charge is 2.49. The number of esters is 1. The van der Waals surface area contributed by atoms with Gasteiger partial charge in [0.25, 0.3) is 5.91 Å². The van der Waals surface area contributed by atoms with Gasteiger partial charge < -0.3 is 14.8 Å². The summed E-state index contributed by atoms with van der Waals surface area (Å²) >= 11 is 5.90. The van der Waals surface area contributed by atoms with Crippen LogP contribution in [-0.4, -0.2) is 36.3 Å². The molecular weight excluding hydrogens is 425 g/mol. The van der Waals surface area contributed by atoms with E-state index in [2.05, 4.69) is 15.3 Å². The third kappa shape index (κ3) is 4.91. The van der Waals surface area contributed by atoms with Crippen LogP contribution in [0.3, 0.4) is 0 Å². The summed E-state index contributed by atoms with van der Waals surface area (Å²) < 4.78 is 24.2. The molecule has 0 aliphatic carbocycles. The molecule has 2 aromatic rings. The number of aliphatic imine (C=N–C) groups is 2. The Bertz CT molecular complexity index is 1060. The van der Waals surface area contributed by atoms with Crippen molar-refractivity contribution in [3.63, 3.8) is 0 Å². The SMILES string of the molecule is COC1=NC(NC(=O)c2ccc(Cl)cc2)(c2ccc(F)cc2)C(C(=O)OC(C)(C)C)=N1.